The van der Waals surface area contributed by atoms with E-state index < -0.39 is 0 Å². The molecule has 7 heteroatoms. The van der Waals surface area contributed by atoms with Crippen LogP contribution in [-0.2, 0) is 6.54 Å². The largest absolute Gasteiger partial charge is 0.480 e. The maximum Gasteiger partial charge on any atom is 0.233 e. The Kier molecular flexibility index (Phi) is 5.20. The number of nitriles is 1. The van der Waals surface area contributed by atoms with E-state index in [4.69, 9.17) is 4.74 Å². The summed E-state index contributed by atoms with van der Waals surface area (Å²) in [4.78, 5) is 15.5. The van der Waals surface area contributed by atoms with Gasteiger partial charge in [-0.1, -0.05) is 6.07 Å². The minimum Gasteiger partial charge on any atom is -0.480 e. The molecule has 0 aliphatic carbocycles. The summed E-state index contributed by atoms with van der Waals surface area (Å²) < 4.78 is 7.44. The van der Waals surface area contributed by atoms with Gasteiger partial charge in [-0.25, -0.2) is 9.97 Å². The molecule has 0 bridgehead atoms. The summed E-state index contributed by atoms with van der Waals surface area (Å²) >= 11 is 0. The topological polar surface area (TPSA) is 79.9 Å². The molecule has 3 aromatic rings. The zero-order valence-corrected chi connectivity index (χ0v) is 15.8. The van der Waals surface area contributed by atoms with E-state index in [2.05, 4.69) is 30.5 Å². The van der Waals surface area contributed by atoms with Crippen LogP contribution in [0.2, 0.25) is 0 Å². The average molecular weight is 374 g/mol. The molecule has 3 aromatic heterocycles. The van der Waals surface area contributed by atoms with Crippen molar-refractivity contribution in [3.63, 3.8) is 0 Å². The van der Waals surface area contributed by atoms with Gasteiger partial charge in [0.1, 0.15) is 17.5 Å². The van der Waals surface area contributed by atoms with E-state index in [0.29, 0.717) is 18.0 Å². The Hall–Kier alpha value is -3.40. The van der Waals surface area contributed by atoms with Crippen molar-refractivity contribution in [2.45, 2.75) is 25.3 Å². The summed E-state index contributed by atoms with van der Waals surface area (Å²) in [5.74, 6) is 1.73. The highest BCUT2D eigenvalue weighted by Crippen LogP contribution is 2.33. The number of pyridine rings is 2. The van der Waals surface area contributed by atoms with E-state index >= 15 is 0 Å². The number of nitrogens with zero attached hydrogens (tertiary/aromatic N) is 6. The monoisotopic (exact) mass is 374 g/mol. The Labute approximate surface area is 164 Å². The predicted molar refractivity (Wildman–Crippen MR) is 105 cm³/mol. The molecule has 1 saturated heterocycles. The zero-order valence-electron chi connectivity index (χ0n) is 15.8. The number of hydrogen-bond acceptors (Lipinski definition) is 6. The van der Waals surface area contributed by atoms with E-state index in [0.717, 1.165) is 43.1 Å². The Morgan fingerprint density at radius 2 is 2.11 bits per heavy atom. The number of ether oxygens (including phenoxy) is 1. The fourth-order valence-corrected chi connectivity index (χ4v) is 3.84. The molecular formula is C21H22N6O. The van der Waals surface area contributed by atoms with Crippen LogP contribution in [0.5, 0.6) is 5.88 Å². The number of aromatic nitrogens is 4. The predicted octanol–water partition coefficient (Wildman–Crippen LogP) is 2.99. The minimum absolute atomic E-state index is 0.290. The van der Waals surface area contributed by atoms with Crippen molar-refractivity contribution >= 4 is 5.69 Å². The number of hydrogen-bond donors (Lipinski definition) is 0. The lowest BCUT2D eigenvalue weighted by Crippen LogP contribution is -2.36. The average Bonchev–Trinajstić information content (AvgIpc) is 3.22. The van der Waals surface area contributed by atoms with Crippen LogP contribution in [0, 0.1) is 11.3 Å². The van der Waals surface area contributed by atoms with Crippen LogP contribution in [0.15, 0.2) is 49.1 Å². The summed E-state index contributed by atoms with van der Waals surface area (Å²) in [6.45, 7) is 2.42. The van der Waals surface area contributed by atoms with Gasteiger partial charge in [-0.15, -0.1) is 0 Å². The van der Waals surface area contributed by atoms with Gasteiger partial charge in [0.15, 0.2) is 0 Å². The second-order valence-electron chi connectivity index (χ2n) is 6.85. The van der Waals surface area contributed by atoms with Crippen LogP contribution in [0.3, 0.4) is 0 Å². The van der Waals surface area contributed by atoms with Crippen LogP contribution < -0.4 is 9.64 Å². The Balaban J connectivity index is 1.58. The highest BCUT2D eigenvalue weighted by molar-refractivity contribution is 5.63. The Morgan fingerprint density at radius 3 is 2.89 bits per heavy atom. The second-order valence-corrected chi connectivity index (χ2v) is 6.85. The number of rotatable bonds is 5. The van der Waals surface area contributed by atoms with Crippen molar-refractivity contribution in [1.29, 1.82) is 5.26 Å². The molecule has 1 atom stereocenters. The van der Waals surface area contributed by atoms with Gasteiger partial charge < -0.3 is 14.2 Å². The maximum atomic E-state index is 9.60. The summed E-state index contributed by atoms with van der Waals surface area (Å²) in [6, 6.07) is 10.1. The van der Waals surface area contributed by atoms with Gasteiger partial charge in [-0.05, 0) is 31.0 Å². The number of methoxy groups -OCH3 is 1. The number of piperidine rings is 1. The first-order chi connectivity index (χ1) is 13.8. The molecule has 0 saturated carbocycles. The van der Waals surface area contributed by atoms with Crippen molar-refractivity contribution < 1.29 is 4.74 Å². The van der Waals surface area contributed by atoms with Crippen molar-refractivity contribution in [3.05, 3.63) is 66.1 Å². The molecule has 0 N–H and O–H groups in total. The molecule has 0 amide bonds. The summed E-state index contributed by atoms with van der Waals surface area (Å²) in [5.41, 5.74) is 2.38. The molecule has 7 nitrogen and oxygen atoms in total. The molecular weight excluding hydrogens is 352 g/mol. The van der Waals surface area contributed by atoms with Gasteiger partial charge in [0.25, 0.3) is 0 Å². The van der Waals surface area contributed by atoms with Gasteiger partial charge in [-0.2, -0.15) is 5.26 Å². The van der Waals surface area contributed by atoms with Gasteiger partial charge in [0.2, 0.25) is 5.88 Å². The molecule has 0 unspecified atom stereocenters. The molecule has 4 rings (SSSR count). The van der Waals surface area contributed by atoms with Gasteiger partial charge in [0.05, 0.1) is 25.0 Å². The van der Waals surface area contributed by atoms with Crippen molar-refractivity contribution in [2.24, 2.45) is 0 Å². The highest BCUT2D eigenvalue weighted by Gasteiger charge is 2.27. The number of imidazole rings is 1. The van der Waals surface area contributed by atoms with Gasteiger partial charge in [0, 0.05) is 43.8 Å². The lowest BCUT2D eigenvalue weighted by molar-refractivity contribution is 0.396. The van der Waals surface area contributed by atoms with Crippen LogP contribution in [0.1, 0.15) is 35.8 Å². The van der Waals surface area contributed by atoms with E-state index in [1.807, 2.05) is 42.9 Å². The lowest BCUT2D eigenvalue weighted by Gasteiger charge is -2.34. The standard InChI is InChI=1S/C21H22N6O/c1-28-21-18(13-22)19(7-9-25-21)26-11-4-5-16(14-26)20-24-10-12-27(20)15-17-6-2-3-8-23-17/h2-3,6-10,12,16H,4-5,11,14-15H2,1H3/t16-/m0/s1. The van der Waals surface area contributed by atoms with Crippen LogP contribution >= 0.6 is 0 Å². The molecule has 28 heavy (non-hydrogen) atoms. The molecule has 4 heterocycles. The fourth-order valence-electron chi connectivity index (χ4n) is 3.84. The normalized spacial score (nSPS) is 16.6. The van der Waals surface area contributed by atoms with Crippen LogP contribution in [0.25, 0.3) is 0 Å². The Morgan fingerprint density at radius 1 is 1.18 bits per heavy atom. The first kappa shape index (κ1) is 18.0. The third-order valence-electron chi connectivity index (χ3n) is 5.13. The first-order valence-corrected chi connectivity index (χ1v) is 9.39. The third-order valence-corrected chi connectivity index (χ3v) is 5.13. The lowest BCUT2D eigenvalue weighted by atomic mass is 9.96. The van der Waals surface area contributed by atoms with Gasteiger partial charge in [-0.3, -0.25) is 4.98 Å². The van der Waals surface area contributed by atoms with Crippen molar-refractivity contribution in [2.75, 3.05) is 25.1 Å². The summed E-state index contributed by atoms with van der Waals surface area (Å²) in [6.07, 6.45) is 9.48. The SMILES string of the molecule is COc1nccc(N2CCC[C@H](c3nccn3Cc3ccccn3)C2)c1C#N. The van der Waals surface area contributed by atoms with Crippen molar-refractivity contribution in [3.8, 4) is 11.9 Å². The quantitative estimate of drug-likeness (QED) is 0.683. The molecule has 0 aromatic carbocycles. The maximum absolute atomic E-state index is 9.60. The highest BCUT2D eigenvalue weighted by atomic mass is 16.5. The smallest absolute Gasteiger partial charge is 0.233 e. The second kappa shape index (κ2) is 8.09. The molecule has 0 spiro atoms. The van der Waals surface area contributed by atoms with Crippen LogP contribution in [-0.4, -0.2) is 39.7 Å². The van der Waals surface area contributed by atoms with Crippen LogP contribution in [0.4, 0.5) is 5.69 Å². The third kappa shape index (κ3) is 3.54. The zero-order chi connectivity index (χ0) is 19.3. The molecule has 1 fully saturated rings. The summed E-state index contributed by atoms with van der Waals surface area (Å²) in [5, 5.41) is 9.60. The first-order valence-electron chi connectivity index (χ1n) is 9.39. The van der Waals surface area contributed by atoms with E-state index in [-0.39, 0.29) is 5.92 Å². The summed E-state index contributed by atoms with van der Waals surface area (Å²) in [7, 11) is 1.54. The molecule has 1 aliphatic heterocycles. The Bertz CT molecular complexity index is 978. The van der Waals surface area contributed by atoms with E-state index in [1.54, 1.807) is 13.3 Å². The number of anilines is 1. The fraction of sp³-hybridized carbons (Fsp3) is 0.333. The molecule has 142 valence electrons. The molecule has 1 aliphatic rings. The van der Waals surface area contributed by atoms with Crippen molar-refractivity contribution in [1.82, 2.24) is 19.5 Å². The van der Waals surface area contributed by atoms with E-state index in [9.17, 15) is 5.26 Å². The minimum atomic E-state index is 0.290. The molecule has 0 radical (unpaired) electrons. The van der Waals surface area contributed by atoms with E-state index in [1.165, 1.54) is 0 Å². The van der Waals surface area contributed by atoms with Gasteiger partial charge >= 0.3 is 0 Å².